The van der Waals surface area contributed by atoms with Gasteiger partial charge in [0, 0.05) is 25.7 Å². The number of nitrogens with one attached hydrogen (secondary N) is 1. The molecule has 1 aromatic heterocycles. The molecule has 0 aliphatic carbocycles. The third kappa shape index (κ3) is 3.49. The van der Waals surface area contributed by atoms with Crippen molar-refractivity contribution < 1.29 is 9.90 Å². The van der Waals surface area contributed by atoms with Crippen LogP contribution in [0.3, 0.4) is 0 Å². The van der Waals surface area contributed by atoms with Gasteiger partial charge in [-0.15, -0.1) is 0 Å². The van der Waals surface area contributed by atoms with Gasteiger partial charge in [0.15, 0.2) is 0 Å². The van der Waals surface area contributed by atoms with E-state index < -0.39 is 0 Å². The van der Waals surface area contributed by atoms with Crippen LogP contribution in [0.5, 0.6) is 5.75 Å². The molecule has 0 saturated carbocycles. The molecule has 0 saturated heterocycles. The summed E-state index contributed by atoms with van der Waals surface area (Å²) in [6.45, 7) is 0.987. The SMILES string of the molecule is O=C(Nc1ccnc(Cc2ccccc2)n1)N1Cc2ccc(O)cc2C1. The minimum Gasteiger partial charge on any atom is -0.508 e. The van der Waals surface area contributed by atoms with Crippen LogP contribution in [0.1, 0.15) is 22.5 Å². The lowest BCUT2D eigenvalue weighted by molar-refractivity contribution is 0.212. The number of carbonyl (C=O) groups excluding carboxylic acids is 1. The number of phenols is 1. The van der Waals surface area contributed by atoms with Gasteiger partial charge < -0.3 is 10.0 Å². The molecule has 2 N–H and O–H groups in total. The second kappa shape index (κ2) is 6.84. The number of aromatic hydroxyl groups is 1. The highest BCUT2D eigenvalue weighted by molar-refractivity contribution is 5.88. The molecule has 0 unspecified atom stereocenters. The van der Waals surface area contributed by atoms with Crippen molar-refractivity contribution in [1.29, 1.82) is 0 Å². The van der Waals surface area contributed by atoms with Crippen LogP contribution in [0.25, 0.3) is 0 Å². The van der Waals surface area contributed by atoms with E-state index in [0.717, 1.165) is 16.7 Å². The minimum absolute atomic E-state index is 0.215. The quantitative estimate of drug-likeness (QED) is 0.762. The van der Waals surface area contributed by atoms with Crippen molar-refractivity contribution in [2.24, 2.45) is 0 Å². The van der Waals surface area contributed by atoms with Gasteiger partial charge in [-0.1, -0.05) is 36.4 Å². The van der Waals surface area contributed by atoms with Gasteiger partial charge in [0.05, 0.1) is 0 Å². The lowest BCUT2D eigenvalue weighted by Gasteiger charge is -2.16. The van der Waals surface area contributed by atoms with Crippen molar-refractivity contribution in [3.05, 3.63) is 83.3 Å². The average molecular weight is 346 g/mol. The van der Waals surface area contributed by atoms with Gasteiger partial charge in [-0.3, -0.25) is 5.32 Å². The maximum Gasteiger partial charge on any atom is 0.323 e. The summed E-state index contributed by atoms with van der Waals surface area (Å²) in [7, 11) is 0. The number of fused-ring (bicyclic) bond motifs is 1. The first-order valence-corrected chi connectivity index (χ1v) is 8.40. The largest absolute Gasteiger partial charge is 0.508 e. The number of nitrogens with zero attached hydrogens (tertiary/aromatic N) is 3. The molecule has 6 heteroatoms. The zero-order valence-electron chi connectivity index (χ0n) is 14.1. The summed E-state index contributed by atoms with van der Waals surface area (Å²) in [6.07, 6.45) is 2.26. The Labute approximate surface area is 151 Å². The van der Waals surface area contributed by atoms with Crippen LogP contribution in [-0.4, -0.2) is 26.0 Å². The Hall–Kier alpha value is -3.41. The third-order valence-corrected chi connectivity index (χ3v) is 4.35. The molecule has 26 heavy (non-hydrogen) atoms. The fourth-order valence-electron chi connectivity index (χ4n) is 3.05. The molecule has 2 aromatic carbocycles. The molecular formula is C20H18N4O2. The maximum absolute atomic E-state index is 12.5. The summed E-state index contributed by atoms with van der Waals surface area (Å²) < 4.78 is 0. The number of phenolic OH excluding ortho intramolecular Hbond substituents is 1. The molecule has 1 aliphatic rings. The van der Waals surface area contributed by atoms with Gasteiger partial charge in [0.1, 0.15) is 17.4 Å². The lowest BCUT2D eigenvalue weighted by atomic mass is 10.1. The average Bonchev–Trinajstić information content (AvgIpc) is 3.06. The van der Waals surface area contributed by atoms with Crippen LogP contribution in [0.2, 0.25) is 0 Å². The van der Waals surface area contributed by atoms with Crippen molar-refractivity contribution >= 4 is 11.8 Å². The Morgan fingerprint density at radius 3 is 2.73 bits per heavy atom. The molecular weight excluding hydrogens is 328 g/mol. The van der Waals surface area contributed by atoms with Gasteiger partial charge in [0.2, 0.25) is 0 Å². The highest BCUT2D eigenvalue weighted by Crippen LogP contribution is 2.26. The monoisotopic (exact) mass is 346 g/mol. The van der Waals surface area contributed by atoms with E-state index in [1.165, 1.54) is 0 Å². The molecule has 2 amide bonds. The number of rotatable bonds is 3. The predicted octanol–water partition coefficient (Wildman–Crippen LogP) is 3.32. The second-order valence-corrected chi connectivity index (χ2v) is 6.26. The number of hydrogen-bond acceptors (Lipinski definition) is 4. The van der Waals surface area contributed by atoms with Crippen molar-refractivity contribution in [2.45, 2.75) is 19.5 Å². The van der Waals surface area contributed by atoms with E-state index in [1.807, 2.05) is 36.4 Å². The summed E-state index contributed by atoms with van der Waals surface area (Å²) in [4.78, 5) is 22.9. The van der Waals surface area contributed by atoms with E-state index >= 15 is 0 Å². The normalized spacial score (nSPS) is 12.7. The van der Waals surface area contributed by atoms with Crippen LogP contribution >= 0.6 is 0 Å². The van der Waals surface area contributed by atoms with Gasteiger partial charge in [-0.2, -0.15) is 0 Å². The summed E-state index contributed by atoms with van der Waals surface area (Å²) in [6, 6.07) is 16.6. The van der Waals surface area contributed by atoms with Crippen LogP contribution in [-0.2, 0) is 19.5 Å². The Bertz CT molecular complexity index is 944. The molecule has 0 fully saturated rings. The molecule has 0 bridgehead atoms. The van der Waals surface area contributed by atoms with E-state index in [1.54, 1.807) is 29.3 Å². The lowest BCUT2D eigenvalue weighted by Crippen LogP contribution is -2.30. The Kier molecular flexibility index (Phi) is 4.23. The van der Waals surface area contributed by atoms with E-state index in [2.05, 4.69) is 15.3 Å². The molecule has 4 rings (SSSR count). The summed E-state index contributed by atoms with van der Waals surface area (Å²) in [5.74, 6) is 1.35. The summed E-state index contributed by atoms with van der Waals surface area (Å²) >= 11 is 0. The molecule has 0 spiro atoms. The van der Waals surface area contributed by atoms with Crippen LogP contribution in [0, 0.1) is 0 Å². The van der Waals surface area contributed by atoms with Crippen molar-refractivity contribution in [3.63, 3.8) is 0 Å². The zero-order chi connectivity index (χ0) is 17.9. The molecule has 0 atom stereocenters. The number of carbonyl (C=O) groups is 1. The molecule has 6 nitrogen and oxygen atoms in total. The minimum atomic E-state index is -0.218. The van der Waals surface area contributed by atoms with Crippen LogP contribution < -0.4 is 5.32 Å². The number of amides is 2. The molecule has 130 valence electrons. The van der Waals surface area contributed by atoms with Gasteiger partial charge in [0.25, 0.3) is 0 Å². The van der Waals surface area contributed by atoms with Crippen LogP contribution in [0.4, 0.5) is 10.6 Å². The highest BCUT2D eigenvalue weighted by Gasteiger charge is 2.23. The second-order valence-electron chi connectivity index (χ2n) is 6.26. The first-order valence-electron chi connectivity index (χ1n) is 8.40. The predicted molar refractivity (Wildman–Crippen MR) is 97.7 cm³/mol. The number of aromatic nitrogens is 2. The van der Waals surface area contributed by atoms with Crippen molar-refractivity contribution in [2.75, 3.05) is 5.32 Å². The molecule has 1 aliphatic heterocycles. The number of hydrogen-bond donors (Lipinski definition) is 2. The Balaban J connectivity index is 1.43. The topological polar surface area (TPSA) is 78.4 Å². The van der Waals surface area contributed by atoms with Gasteiger partial charge in [-0.05, 0) is 34.9 Å². The maximum atomic E-state index is 12.5. The highest BCUT2D eigenvalue weighted by atomic mass is 16.3. The fraction of sp³-hybridized carbons (Fsp3) is 0.150. The van der Waals surface area contributed by atoms with Crippen LogP contribution in [0.15, 0.2) is 60.8 Å². The van der Waals surface area contributed by atoms with E-state index in [0.29, 0.717) is 31.2 Å². The summed E-state index contributed by atoms with van der Waals surface area (Å²) in [5.41, 5.74) is 3.13. The number of anilines is 1. The number of urea groups is 1. The first-order chi connectivity index (χ1) is 12.7. The van der Waals surface area contributed by atoms with Gasteiger partial charge in [-0.25, -0.2) is 14.8 Å². The Morgan fingerprint density at radius 2 is 1.88 bits per heavy atom. The molecule has 2 heterocycles. The fourth-order valence-corrected chi connectivity index (χ4v) is 3.05. The summed E-state index contributed by atoms with van der Waals surface area (Å²) in [5, 5.41) is 12.4. The van der Waals surface area contributed by atoms with Crippen molar-refractivity contribution in [1.82, 2.24) is 14.9 Å². The first kappa shape index (κ1) is 16.1. The smallest absolute Gasteiger partial charge is 0.323 e. The van der Waals surface area contributed by atoms with E-state index in [-0.39, 0.29) is 11.8 Å². The zero-order valence-corrected chi connectivity index (χ0v) is 14.1. The van der Waals surface area contributed by atoms with Crippen molar-refractivity contribution in [3.8, 4) is 5.75 Å². The Morgan fingerprint density at radius 1 is 1.08 bits per heavy atom. The molecule has 3 aromatic rings. The number of benzene rings is 2. The third-order valence-electron chi connectivity index (χ3n) is 4.35. The van der Waals surface area contributed by atoms with E-state index in [4.69, 9.17) is 0 Å². The standard InChI is InChI=1S/C20H18N4O2/c25-17-7-6-15-12-24(13-16(15)11-17)20(26)23-18-8-9-21-19(22-18)10-14-4-2-1-3-5-14/h1-9,11,25H,10,12-13H2,(H,21,22,23,26). The van der Waals surface area contributed by atoms with E-state index in [9.17, 15) is 9.90 Å². The molecule has 0 radical (unpaired) electrons. The van der Waals surface area contributed by atoms with Gasteiger partial charge >= 0.3 is 6.03 Å².